The van der Waals surface area contributed by atoms with E-state index < -0.39 is 12.1 Å². The Morgan fingerprint density at radius 2 is 2.05 bits per heavy atom. The average Bonchev–Trinajstić information content (AvgIpc) is 2.40. The predicted octanol–water partition coefficient (Wildman–Crippen LogP) is 3.37. The second-order valence-electron chi connectivity index (χ2n) is 5.46. The number of nitrogens with zero attached hydrogens (tertiary/aromatic N) is 1. The van der Waals surface area contributed by atoms with Crippen molar-refractivity contribution in [1.29, 1.82) is 0 Å². The van der Waals surface area contributed by atoms with Gasteiger partial charge in [-0.15, -0.1) is 0 Å². The number of amides is 2. The number of piperazine rings is 1. The summed E-state index contributed by atoms with van der Waals surface area (Å²) in [6, 6.07) is 4.28. The molecule has 1 aliphatic rings. The van der Waals surface area contributed by atoms with Gasteiger partial charge in [0.2, 0.25) is 11.8 Å². The monoisotopic (exact) mass is 372 g/mol. The van der Waals surface area contributed by atoms with Crippen LogP contribution in [-0.4, -0.2) is 23.9 Å². The van der Waals surface area contributed by atoms with Gasteiger partial charge in [0.1, 0.15) is 12.1 Å². The lowest BCUT2D eigenvalue weighted by atomic mass is 9.95. The van der Waals surface area contributed by atoms with Crippen LogP contribution in [0.15, 0.2) is 22.7 Å². The first-order chi connectivity index (χ1) is 9.86. The van der Waals surface area contributed by atoms with E-state index in [0.29, 0.717) is 17.1 Å². The Labute approximate surface area is 138 Å². The number of nitrogens with one attached hydrogen (secondary N) is 1. The second-order valence-corrected chi connectivity index (χ2v) is 6.79. The van der Waals surface area contributed by atoms with Crippen LogP contribution in [-0.2, 0) is 9.59 Å². The van der Waals surface area contributed by atoms with Crippen LogP contribution >= 0.6 is 27.5 Å². The SMILES string of the molecule is CCC1NC(=O)C(C(C)C)N(c2ccc(Br)cc2Cl)C1=O. The molecule has 1 N–H and O–H groups in total. The number of benzene rings is 1. The molecule has 2 unspecified atom stereocenters. The third kappa shape index (κ3) is 3.09. The highest BCUT2D eigenvalue weighted by Gasteiger charge is 2.42. The van der Waals surface area contributed by atoms with Crippen LogP contribution in [0.2, 0.25) is 5.02 Å². The minimum atomic E-state index is -0.543. The van der Waals surface area contributed by atoms with Gasteiger partial charge in [-0.3, -0.25) is 14.5 Å². The fourth-order valence-corrected chi connectivity index (χ4v) is 3.33. The van der Waals surface area contributed by atoms with E-state index in [1.807, 2.05) is 26.8 Å². The topological polar surface area (TPSA) is 49.4 Å². The summed E-state index contributed by atoms with van der Waals surface area (Å²) in [4.78, 5) is 26.6. The maximum atomic E-state index is 12.7. The van der Waals surface area contributed by atoms with Crippen molar-refractivity contribution in [2.24, 2.45) is 5.92 Å². The molecule has 0 radical (unpaired) electrons. The minimum Gasteiger partial charge on any atom is -0.342 e. The zero-order valence-corrected chi connectivity index (χ0v) is 14.5. The molecule has 2 rings (SSSR count). The summed E-state index contributed by atoms with van der Waals surface area (Å²) in [5.74, 6) is -0.248. The molecule has 0 aromatic heterocycles. The molecule has 1 saturated heterocycles. The van der Waals surface area contributed by atoms with Crippen LogP contribution in [0.5, 0.6) is 0 Å². The van der Waals surface area contributed by atoms with Crippen molar-refractivity contribution in [1.82, 2.24) is 5.32 Å². The summed E-state index contributed by atoms with van der Waals surface area (Å²) in [5, 5.41) is 3.25. The molecule has 1 fully saturated rings. The Balaban J connectivity index is 2.52. The molecule has 0 aliphatic carbocycles. The fraction of sp³-hybridized carbons (Fsp3) is 0.467. The molecule has 1 aliphatic heterocycles. The van der Waals surface area contributed by atoms with Crippen LogP contribution in [0.25, 0.3) is 0 Å². The lowest BCUT2D eigenvalue weighted by molar-refractivity contribution is -0.134. The van der Waals surface area contributed by atoms with Gasteiger partial charge in [-0.1, -0.05) is 48.3 Å². The van der Waals surface area contributed by atoms with Crippen molar-refractivity contribution < 1.29 is 9.59 Å². The summed E-state index contributed by atoms with van der Waals surface area (Å²) in [7, 11) is 0. The van der Waals surface area contributed by atoms with Gasteiger partial charge in [0, 0.05) is 4.47 Å². The highest BCUT2D eigenvalue weighted by atomic mass is 79.9. The van der Waals surface area contributed by atoms with Gasteiger partial charge in [-0.25, -0.2) is 0 Å². The Morgan fingerprint density at radius 3 is 2.57 bits per heavy atom. The number of carbonyl (C=O) groups excluding carboxylic acids is 2. The summed E-state index contributed by atoms with van der Waals surface area (Å²) in [6.07, 6.45) is 0.556. The fourth-order valence-electron chi connectivity index (χ4n) is 2.56. The third-order valence-electron chi connectivity index (χ3n) is 3.61. The molecule has 4 nitrogen and oxygen atoms in total. The molecule has 0 bridgehead atoms. The van der Waals surface area contributed by atoms with Crippen LogP contribution < -0.4 is 10.2 Å². The van der Waals surface area contributed by atoms with Gasteiger partial charge in [0.25, 0.3) is 0 Å². The molecule has 2 amide bonds. The van der Waals surface area contributed by atoms with E-state index in [1.54, 1.807) is 17.0 Å². The standard InChI is InChI=1S/C15H18BrClN2O2/c1-4-11-15(21)19(13(8(2)3)14(20)18-11)12-6-5-9(16)7-10(12)17/h5-8,11,13H,4H2,1-3H3,(H,18,20). The van der Waals surface area contributed by atoms with E-state index in [4.69, 9.17) is 11.6 Å². The summed E-state index contributed by atoms with van der Waals surface area (Å²) < 4.78 is 0.832. The quantitative estimate of drug-likeness (QED) is 0.883. The molecular formula is C15H18BrClN2O2. The number of carbonyl (C=O) groups is 2. The van der Waals surface area contributed by atoms with Gasteiger partial charge in [-0.05, 0) is 30.5 Å². The first-order valence-corrected chi connectivity index (χ1v) is 8.12. The zero-order chi connectivity index (χ0) is 15.7. The van der Waals surface area contributed by atoms with Crippen LogP contribution in [0, 0.1) is 5.92 Å². The number of halogens is 2. The Morgan fingerprint density at radius 1 is 1.38 bits per heavy atom. The van der Waals surface area contributed by atoms with E-state index in [-0.39, 0.29) is 17.7 Å². The Hall–Kier alpha value is -1.07. The normalized spacial score (nSPS) is 22.7. The molecular weight excluding hydrogens is 356 g/mol. The smallest absolute Gasteiger partial charge is 0.250 e. The van der Waals surface area contributed by atoms with Crippen molar-refractivity contribution >= 4 is 45.0 Å². The van der Waals surface area contributed by atoms with Crippen molar-refractivity contribution in [3.05, 3.63) is 27.7 Å². The summed E-state index contributed by atoms with van der Waals surface area (Å²) in [6.45, 7) is 5.72. The summed E-state index contributed by atoms with van der Waals surface area (Å²) in [5.41, 5.74) is 0.580. The molecule has 114 valence electrons. The number of hydrogen-bond acceptors (Lipinski definition) is 2. The maximum absolute atomic E-state index is 12.7. The number of rotatable bonds is 3. The van der Waals surface area contributed by atoms with Crippen molar-refractivity contribution in [3.8, 4) is 0 Å². The van der Waals surface area contributed by atoms with Gasteiger partial charge in [0.15, 0.2) is 0 Å². The second kappa shape index (κ2) is 6.36. The molecule has 21 heavy (non-hydrogen) atoms. The van der Waals surface area contributed by atoms with E-state index in [1.165, 1.54) is 0 Å². The van der Waals surface area contributed by atoms with E-state index in [9.17, 15) is 9.59 Å². The van der Waals surface area contributed by atoms with Gasteiger partial charge in [-0.2, -0.15) is 0 Å². The van der Waals surface area contributed by atoms with E-state index >= 15 is 0 Å². The predicted molar refractivity (Wildman–Crippen MR) is 87.5 cm³/mol. The minimum absolute atomic E-state index is 0.00790. The highest BCUT2D eigenvalue weighted by molar-refractivity contribution is 9.10. The number of hydrogen-bond donors (Lipinski definition) is 1. The highest BCUT2D eigenvalue weighted by Crippen LogP contribution is 2.33. The lowest BCUT2D eigenvalue weighted by Gasteiger charge is -2.40. The first-order valence-electron chi connectivity index (χ1n) is 6.95. The van der Waals surface area contributed by atoms with Gasteiger partial charge in [0.05, 0.1) is 10.7 Å². The van der Waals surface area contributed by atoms with Crippen LogP contribution in [0.1, 0.15) is 27.2 Å². The van der Waals surface area contributed by atoms with Crippen LogP contribution in [0.3, 0.4) is 0 Å². The average molecular weight is 374 g/mol. The van der Waals surface area contributed by atoms with E-state index in [2.05, 4.69) is 21.2 Å². The van der Waals surface area contributed by atoms with Crippen molar-refractivity contribution in [2.75, 3.05) is 4.90 Å². The Kier molecular flexibility index (Phi) is 4.94. The maximum Gasteiger partial charge on any atom is 0.250 e. The van der Waals surface area contributed by atoms with Crippen molar-refractivity contribution in [2.45, 2.75) is 39.3 Å². The van der Waals surface area contributed by atoms with Crippen LogP contribution in [0.4, 0.5) is 5.69 Å². The lowest BCUT2D eigenvalue weighted by Crippen LogP contribution is -2.65. The van der Waals surface area contributed by atoms with Crippen molar-refractivity contribution in [3.63, 3.8) is 0 Å². The molecule has 1 aromatic rings. The largest absolute Gasteiger partial charge is 0.342 e. The number of anilines is 1. The Bertz CT molecular complexity index is 577. The summed E-state index contributed by atoms with van der Waals surface area (Å²) >= 11 is 9.63. The van der Waals surface area contributed by atoms with E-state index in [0.717, 1.165) is 4.47 Å². The molecule has 0 saturated carbocycles. The third-order valence-corrected chi connectivity index (χ3v) is 4.40. The molecule has 6 heteroatoms. The molecule has 1 aromatic carbocycles. The first kappa shape index (κ1) is 16.3. The molecule has 1 heterocycles. The van der Waals surface area contributed by atoms with Gasteiger partial charge < -0.3 is 5.32 Å². The van der Waals surface area contributed by atoms with Gasteiger partial charge >= 0.3 is 0 Å². The molecule has 2 atom stereocenters. The zero-order valence-electron chi connectivity index (χ0n) is 12.2. The molecule has 0 spiro atoms.